The zero-order valence-electron chi connectivity index (χ0n) is 14.0. The molecular weight excluding hydrogens is 371 g/mol. The summed E-state index contributed by atoms with van der Waals surface area (Å²) in [6, 6.07) is 13.0. The SMILES string of the molecule is O=C(Cc1cccc(F)c1)Nc1ccc(S(=O)(=O)Nc2ncccn2)cc1. The van der Waals surface area contributed by atoms with E-state index in [0.717, 1.165) is 0 Å². The first kappa shape index (κ1) is 18.5. The van der Waals surface area contributed by atoms with Crippen molar-refractivity contribution in [1.82, 2.24) is 9.97 Å². The molecule has 3 aromatic rings. The normalized spacial score (nSPS) is 11.0. The number of hydrogen-bond donors (Lipinski definition) is 2. The molecule has 0 atom stereocenters. The molecule has 0 radical (unpaired) electrons. The second-order valence-corrected chi connectivity index (χ2v) is 7.24. The number of anilines is 2. The van der Waals surface area contributed by atoms with Crippen LogP contribution in [-0.2, 0) is 21.2 Å². The van der Waals surface area contributed by atoms with E-state index in [0.29, 0.717) is 11.3 Å². The summed E-state index contributed by atoms with van der Waals surface area (Å²) in [5, 5.41) is 2.64. The van der Waals surface area contributed by atoms with Crippen LogP contribution in [0.3, 0.4) is 0 Å². The van der Waals surface area contributed by atoms with E-state index in [1.807, 2.05) is 0 Å². The molecule has 27 heavy (non-hydrogen) atoms. The number of sulfonamides is 1. The summed E-state index contributed by atoms with van der Waals surface area (Å²) >= 11 is 0. The van der Waals surface area contributed by atoms with Crippen molar-refractivity contribution in [2.45, 2.75) is 11.3 Å². The van der Waals surface area contributed by atoms with E-state index < -0.39 is 15.8 Å². The minimum Gasteiger partial charge on any atom is -0.326 e. The van der Waals surface area contributed by atoms with E-state index in [-0.39, 0.29) is 23.2 Å². The average Bonchev–Trinajstić information content (AvgIpc) is 2.62. The Morgan fingerprint density at radius 2 is 1.70 bits per heavy atom. The maximum Gasteiger partial charge on any atom is 0.264 e. The smallest absolute Gasteiger partial charge is 0.264 e. The van der Waals surface area contributed by atoms with Gasteiger partial charge in [0.2, 0.25) is 11.9 Å². The molecule has 7 nitrogen and oxygen atoms in total. The maximum atomic E-state index is 13.2. The van der Waals surface area contributed by atoms with Gasteiger partial charge in [0.05, 0.1) is 11.3 Å². The molecule has 0 aliphatic heterocycles. The molecule has 0 unspecified atom stereocenters. The summed E-state index contributed by atoms with van der Waals surface area (Å²) in [7, 11) is -3.84. The number of hydrogen-bond acceptors (Lipinski definition) is 5. The molecule has 0 bridgehead atoms. The molecule has 1 aromatic heterocycles. The molecule has 0 aliphatic carbocycles. The van der Waals surface area contributed by atoms with Crippen molar-refractivity contribution in [3.05, 3.63) is 78.4 Å². The molecule has 0 fully saturated rings. The van der Waals surface area contributed by atoms with Gasteiger partial charge in [-0.1, -0.05) is 12.1 Å². The van der Waals surface area contributed by atoms with Crippen molar-refractivity contribution in [1.29, 1.82) is 0 Å². The molecule has 1 heterocycles. The number of nitrogens with zero attached hydrogens (tertiary/aromatic N) is 2. The Morgan fingerprint density at radius 1 is 1.00 bits per heavy atom. The van der Waals surface area contributed by atoms with Crippen LogP contribution in [0, 0.1) is 5.82 Å². The lowest BCUT2D eigenvalue weighted by Gasteiger charge is -2.08. The third-order valence-electron chi connectivity index (χ3n) is 3.49. The largest absolute Gasteiger partial charge is 0.326 e. The zero-order valence-corrected chi connectivity index (χ0v) is 14.8. The fraction of sp³-hybridized carbons (Fsp3) is 0.0556. The second-order valence-electron chi connectivity index (χ2n) is 5.56. The van der Waals surface area contributed by atoms with E-state index >= 15 is 0 Å². The first-order valence-corrected chi connectivity index (χ1v) is 9.35. The van der Waals surface area contributed by atoms with Crippen molar-refractivity contribution >= 4 is 27.6 Å². The number of amides is 1. The van der Waals surface area contributed by atoms with Crippen LogP contribution in [0.4, 0.5) is 16.0 Å². The van der Waals surface area contributed by atoms with Crippen LogP contribution in [-0.4, -0.2) is 24.3 Å². The molecular formula is C18H15FN4O3S. The number of rotatable bonds is 6. The first-order valence-electron chi connectivity index (χ1n) is 7.86. The van der Waals surface area contributed by atoms with Crippen molar-refractivity contribution in [3.63, 3.8) is 0 Å². The topological polar surface area (TPSA) is 101 Å². The van der Waals surface area contributed by atoms with E-state index in [1.165, 1.54) is 54.9 Å². The van der Waals surface area contributed by atoms with Crippen molar-refractivity contribution in [3.8, 4) is 0 Å². The van der Waals surface area contributed by atoms with Gasteiger partial charge in [-0.05, 0) is 48.0 Å². The van der Waals surface area contributed by atoms with Crippen LogP contribution in [0.2, 0.25) is 0 Å². The summed E-state index contributed by atoms with van der Waals surface area (Å²) in [4.78, 5) is 19.6. The predicted octanol–water partition coefficient (Wildman–Crippen LogP) is 2.60. The van der Waals surface area contributed by atoms with Crippen LogP contribution in [0.1, 0.15) is 5.56 Å². The zero-order chi connectivity index (χ0) is 19.3. The van der Waals surface area contributed by atoms with E-state index in [4.69, 9.17) is 0 Å². The van der Waals surface area contributed by atoms with Gasteiger partial charge in [-0.3, -0.25) is 4.79 Å². The van der Waals surface area contributed by atoms with Gasteiger partial charge in [0.1, 0.15) is 5.82 Å². The van der Waals surface area contributed by atoms with Gasteiger partial charge in [-0.2, -0.15) is 0 Å². The van der Waals surface area contributed by atoms with Gasteiger partial charge in [0, 0.05) is 18.1 Å². The number of nitrogens with one attached hydrogen (secondary N) is 2. The third-order valence-corrected chi connectivity index (χ3v) is 4.84. The highest BCUT2D eigenvalue weighted by Gasteiger charge is 2.15. The molecule has 0 aliphatic rings. The number of aromatic nitrogens is 2. The molecule has 1 amide bonds. The van der Waals surface area contributed by atoms with Crippen LogP contribution in [0.25, 0.3) is 0 Å². The number of halogens is 1. The highest BCUT2D eigenvalue weighted by atomic mass is 32.2. The van der Waals surface area contributed by atoms with E-state index in [2.05, 4.69) is 20.0 Å². The summed E-state index contributed by atoms with van der Waals surface area (Å²) in [5.74, 6) is -0.790. The molecule has 0 saturated heterocycles. The first-order chi connectivity index (χ1) is 12.9. The summed E-state index contributed by atoms with van der Waals surface area (Å²) in [5.41, 5.74) is 0.963. The second kappa shape index (κ2) is 7.92. The van der Waals surface area contributed by atoms with Crippen molar-refractivity contribution < 1.29 is 17.6 Å². The summed E-state index contributed by atoms with van der Waals surface area (Å²) in [6.45, 7) is 0. The number of carbonyl (C=O) groups is 1. The Labute approximate surface area is 155 Å². The van der Waals surface area contributed by atoms with Crippen LogP contribution in [0.5, 0.6) is 0 Å². The van der Waals surface area contributed by atoms with Gasteiger partial charge in [-0.15, -0.1) is 0 Å². The molecule has 138 valence electrons. The van der Waals surface area contributed by atoms with E-state index in [1.54, 1.807) is 12.1 Å². The average molecular weight is 386 g/mol. The van der Waals surface area contributed by atoms with Crippen LogP contribution < -0.4 is 10.0 Å². The Kier molecular flexibility index (Phi) is 5.41. The molecule has 0 spiro atoms. The molecule has 9 heteroatoms. The molecule has 2 N–H and O–H groups in total. The summed E-state index contributed by atoms with van der Waals surface area (Å²) < 4.78 is 40.0. The highest BCUT2D eigenvalue weighted by molar-refractivity contribution is 7.92. The van der Waals surface area contributed by atoms with Crippen LogP contribution >= 0.6 is 0 Å². The standard InChI is InChI=1S/C18H15FN4O3S/c19-14-4-1-3-13(11-14)12-17(24)22-15-5-7-16(8-6-15)27(25,26)23-18-20-9-2-10-21-18/h1-11H,12H2,(H,22,24)(H,20,21,23). The van der Waals surface area contributed by atoms with Crippen molar-refractivity contribution in [2.24, 2.45) is 0 Å². The van der Waals surface area contributed by atoms with E-state index in [9.17, 15) is 17.6 Å². The Bertz CT molecular complexity index is 1040. The quantitative estimate of drug-likeness (QED) is 0.678. The predicted molar refractivity (Wildman–Crippen MR) is 98.0 cm³/mol. The number of benzene rings is 2. The Morgan fingerprint density at radius 3 is 2.37 bits per heavy atom. The number of carbonyl (C=O) groups excluding carboxylic acids is 1. The maximum absolute atomic E-state index is 13.2. The molecule has 3 rings (SSSR count). The van der Waals surface area contributed by atoms with Gasteiger partial charge in [0.25, 0.3) is 10.0 Å². The van der Waals surface area contributed by atoms with Gasteiger partial charge in [-0.25, -0.2) is 27.5 Å². The molecule has 0 saturated carbocycles. The third kappa shape index (κ3) is 5.08. The van der Waals surface area contributed by atoms with Gasteiger partial charge >= 0.3 is 0 Å². The van der Waals surface area contributed by atoms with Crippen LogP contribution in [0.15, 0.2) is 71.9 Å². The van der Waals surface area contributed by atoms with Gasteiger partial charge in [0.15, 0.2) is 0 Å². The van der Waals surface area contributed by atoms with Crippen molar-refractivity contribution in [2.75, 3.05) is 10.0 Å². The highest BCUT2D eigenvalue weighted by Crippen LogP contribution is 2.16. The lowest BCUT2D eigenvalue weighted by molar-refractivity contribution is -0.115. The van der Waals surface area contributed by atoms with Gasteiger partial charge < -0.3 is 5.32 Å². The minimum atomic E-state index is -3.84. The fourth-order valence-corrected chi connectivity index (χ4v) is 3.24. The fourth-order valence-electron chi connectivity index (χ4n) is 2.29. The molecule has 2 aromatic carbocycles. The Balaban J connectivity index is 1.65. The minimum absolute atomic E-state index is 0.00178. The Hall–Kier alpha value is -3.33. The lowest BCUT2D eigenvalue weighted by Crippen LogP contribution is -2.16. The summed E-state index contributed by atoms with van der Waals surface area (Å²) in [6.07, 6.45) is 2.84. The monoisotopic (exact) mass is 386 g/mol. The lowest BCUT2D eigenvalue weighted by atomic mass is 10.1.